The first kappa shape index (κ1) is 13.5. The summed E-state index contributed by atoms with van der Waals surface area (Å²) in [7, 11) is 0. The lowest BCUT2D eigenvalue weighted by atomic mass is 10.2. The van der Waals surface area contributed by atoms with Crippen molar-refractivity contribution in [1.82, 2.24) is 5.32 Å². The monoisotopic (exact) mass is 252 g/mol. The Bertz CT molecular complexity index is 371. The molecule has 0 atom stereocenters. The van der Waals surface area contributed by atoms with Crippen LogP contribution in [0.2, 0.25) is 0 Å². The normalized spacial score (nSPS) is 9.65. The zero-order valence-corrected chi connectivity index (χ0v) is 10.4. The smallest absolute Gasteiger partial charge is 0.220 e. The summed E-state index contributed by atoms with van der Waals surface area (Å²) >= 11 is 1.72. The van der Waals surface area contributed by atoms with Gasteiger partial charge in [0, 0.05) is 29.3 Å². The quantitative estimate of drug-likeness (QED) is 0.328. The van der Waals surface area contributed by atoms with Crippen LogP contribution in [-0.2, 0) is 11.2 Å². The minimum atomic E-state index is 0.0718. The van der Waals surface area contributed by atoms with Crippen molar-refractivity contribution in [3.63, 3.8) is 0 Å². The first-order valence-electron chi connectivity index (χ1n) is 5.63. The molecule has 0 aliphatic rings. The molecule has 0 radical (unpaired) electrons. The molecule has 0 spiro atoms. The molecule has 1 heterocycles. The summed E-state index contributed by atoms with van der Waals surface area (Å²) in [5.41, 5.74) is 8.05. The summed E-state index contributed by atoms with van der Waals surface area (Å²) in [4.78, 5) is 15.4. The van der Waals surface area contributed by atoms with Crippen LogP contribution < -0.4 is 5.32 Å². The molecule has 0 fully saturated rings. The van der Waals surface area contributed by atoms with Crippen molar-refractivity contribution in [2.45, 2.75) is 25.7 Å². The molecule has 6 heteroatoms. The number of carbonyl (C=O) groups is 1. The topological polar surface area (TPSA) is 77.9 Å². The number of thiophene rings is 1. The van der Waals surface area contributed by atoms with Gasteiger partial charge in [-0.25, -0.2) is 0 Å². The fourth-order valence-corrected chi connectivity index (χ4v) is 2.14. The standard InChI is InChI=1S/C11H16N4OS/c12-15-14-8-3-7-13-11(16)6-1-4-10-5-2-9-17-10/h2,5,9H,1,3-4,6-8H2,(H,13,16). The number of nitrogens with one attached hydrogen (secondary N) is 1. The predicted molar refractivity (Wildman–Crippen MR) is 68.9 cm³/mol. The second-order valence-electron chi connectivity index (χ2n) is 3.59. The van der Waals surface area contributed by atoms with Gasteiger partial charge in [0.2, 0.25) is 5.91 Å². The van der Waals surface area contributed by atoms with E-state index in [1.807, 2.05) is 11.4 Å². The molecule has 0 aliphatic heterocycles. The van der Waals surface area contributed by atoms with Crippen molar-refractivity contribution >= 4 is 17.2 Å². The van der Waals surface area contributed by atoms with Crippen LogP contribution in [0.4, 0.5) is 0 Å². The highest BCUT2D eigenvalue weighted by molar-refractivity contribution is 7.09. The van der Waals surface area contributed by atoms with E-state index in [2.05, 4.69) is 21.4 Å². The van der Waals surface area contributed by atoms with Gasteiger partial charge in [0.05, 0.1) is 0 Å². The van der Waals surface area contributed by atoms with E-state index in [1.54, 1.807) is 11.3 Å². The van der Waals surface area contributed by atoms with Gasteiger partial charge < -0.3 is 5.32 Å². The van der Waals surface area contributed by atoms with Crippen molar-refractivity contribution in [3.05, 3.63) is 32.8 Å². The van der Waals surface area contributed by atoms with Gasteiger partial charge in [0.1, 0.15) is 0 Å². The zero-order chi connectivity index (χ0) is 12.3. The molecule has 1 amide bonds. The molecule has 0 aromatic carbocycles. The lowest BCUT2D eigenvalue weighted by Gasteiger charge is -2.03. The molecule has 1 aromatic rings. The van der Waals surface area contributed by atoms with Crippen LogP contribution in [0, 0.1) is 0 Å². The van der Waals surface area contributed by atoms with E-state index >= 15 is 0 Å². The molecule has 0 bridgehead atoms. The largest absolute Gasteiger partial charge is 0.356 e. The Balaban J connectivity index is 1.99. The Labute approximate surface area is 104 Å². The van der Waals surface area contributed by atoms with Crippen LogP contribution in [0.15, 0.2) is 22.6 Å². The van der Waals surface area contributed by atoms with Gasteiger partial charge in [-0.05, 0) is 36.2 Å². The summed E-state index contributed by atoms with van der Waals surface area (Å²) in [6.45, 7) is 1.02. The van der Waals surface area contributed by atoms with Gasteiger partial charge >= 0.3 is 0 Å². The third-order valence-electron chi connectivity index (χ3n) is 2.23. The van der Waals surface area contributed by atoms with Crippen molar-refractivity contribution in [3.8, 4) is 0 Å². The van der Waals surface area contributed by atoms with Crippen molar-refractivity contribution in [2.24, 2.45) is 5.11 Å². The van der Waals surface area contributed by atoms with Crippen LogP contribution in [0.25, 0.3) is 10.4 Å². The fraction of sp³-hybridized carbons (Fsp3) is 0.545. The van der Waals surface area contributed by atoms with Crippen LogP contribution in [0.3, 0.4) is 0 Å². The van der Waals surface area contributed by atoms with E-state index in [0.29, 0.717) is 25.9 Å². The molecule has 1 aromatic heterocycles. The van der Waals surface area contributed by atoms with E-state index in [1.165, 1.54) is 4.88 Å². The van der Waals surface area contributed by atoms with Crippen molar-refractivity contribution in [2.75, 3.05) is 13.1 Å². The van der Waals surface area contributed by atoms with E-state index in [-0.39, 0.29) is 5.91 Å². The molecule has 1 rings (SSSR count). The Hall–Kier alpha value is -1.52. The van der Waals surface area contributed by atoms with Gasteiger partial charge in [-0.15, -0.1) is 11.3 Å². The van der Waals surface area contributed by atoms with Crippen LogP contribution in [0.5, 0.6) is 0 Å². The lowest BCUT2D eigenvalue weighted by Crippen LogP contribution is -2.24. The number of azide groups is 1. The molecule has 0 saturated heterocycles. The average molecular weight is 252 g/mol. The van der Waals surface area contributed by atoms with Crippen LogP contribution in [-0.4, -0.2) is 19.0 Å². The maximum absolute atomic E-state index is 11.4. The van der Waals surface area contributed by atoms with Gasteiger partial charge in [0.25, 0.3) is 0 Å². The molecular weight excluding hydrogens is 236 g/mol. The first-order chi connectivity index (χ1) is 8.33. The molecule has 17 heavy (non-hydrogen) atoms. The molecule has 5 nitrogen and oxygen atoms in total. The highest BCUT2D eigenvalue weighted by atomic mass is 32.1. The number of nitrogens with zero attached hydrogens (tertiary/aromatic N) is 3. The van der Waals surface area contributed by atoms with Crippen molar-refractivity contribution in [1.29, 1.82) is 0 Å². The van der Waals surface area contributed by atoms with Crippen LogP contribution in [0.1, 0.15) is 24.1 Å². The molecule has 1 N–H and O–H groups in total. The highest BCUT2D eigenvalue weighted by Gasteiger charge is 2.01. The van der Waals surface area contributed by atoms with Gasteiger partial charge in [-0.3, -0.25) is 4.79 Å². The number of rotatable bonds is 8. The fourth-order valence-electron chi connectivity index (χ4n) is 1.39. The number of hydrogen-bond donors (Lipinski definition) is 1. The number of hydrogen-bond acceptors (Lipinski definition) is 3. The minimum absolute atomic E-state index is 0.0718. The molecule has 0 unspecified atom stereocenters. The Morgan fingerprint density at radius 3 is 3.12 bits per heavy atom. The SMILES string of the molecule is [N-]=[N+]=NCCCNC(=O)CCCc1cccs1. The number of carbonyl (C=O) groups excluding carboxylic acids is 1. The van der Waals surface area contributed by atoms with Gasteiger partial charge in [-0.2, -0.15) is 0 Å². The lowest BCUT2D eigenvalue weighted by molar-refractivity contribution is -0.121. The Morgan fingerprint density at radius 2 is 2.41 bits per heavy atom. The third-order valence-corrected chi connectivity index (χ3v) is 3.16. The molecule has 92 valence electrons. The Morgan fingerprint density at radius 1 is 1.53 bits per heavy atom. The third kappa shape index (κ3) is 6.60. The number of aryl methyl sites for hydroxylation is 1. The molecular formula is C11H16N4OS. The summed E-state index contributed by atoms with van der Waals surface area (Å²) in [6.07, 6.45) is 3.09. The summed E-state index contributed by atoms with van der Waals surface area (Å²) in [5, 5.41) is 8.24. The second kappa shape index (κ2) is 8.61. The van der Waals surface area contributed by atoms with Gasteiger partial charge in [-0.1, -0.05) is 11.2 Å². The minimum Gasteiger partial charge on any atom is -0.356 e. The predicted octanol–water partition coefficient (Wildman–Crippen LogP) is 2.89. The highest BCUT2D eigenvalue weighted by Crippen LogP contribution is 2.11. The maximum Gasteiger partial charge on any atom is 0.220 e. The first-order valence-corrected chi connectivity index (χ1v) is 6.51. The average Bonchev–Trinajstić information content (AvgIpc) is 2.82. The molecule has 0 aliphatic carbocycles. The van der Waals surface area contributed by atoms with Crippen molar-refractivity contribution < 1.29 is 4.79 Å². The number of amides is 1. The Kier molecular flexibility index (Phi) is 6.86. The van der Waals surface area contributed by atoms with Gasteiger partial charge in [0.15, 0.2) is 0 Å². The van der Waals surface area contributed by atoms with E-state index in [4.69, 9.17) is 5.53 Å². The van der Waals surface area contributed by atoms with E-state index in [0.717, 1.165) is 12.8 Å². The van der Waals surface area contributed by atoms with Crippen LogP contribution >= 0.6 is 11.3 Å². The van der Waals surface area contributed by atoms with E-state index in [9.17, 15) is 4.79 Å². The summed E-state index contributed by atoms with van der Waals surface area (Å²) in [5.74, 6) is 0.0718. The summed E-state index contributed by atoms with van der Waals surface area (Å²) in [6, 6.07) is 4.11. The maximum atomic E-state index is 11.4. The second-order valence-corrected chi connectivity index (χ2v) is 4.62. The molecule has 0 saturated carbocycles. The summed E-state index contributed by atoms with van der Waals surface area (Å²) < 4.78 is 0. The van der Waals surface area contributed by atoms with E-state index < -0.39 is 0 Å². The zero-order valence-electron chi connectivity index (χ0n) is 9.63.